The topological polar surface area (TPSA) is 94.3 Å². The second-order valence-electron chi connectivity index (χ2n) is 7.97. The van der Waals surface area contributed by atoms with Gasteiger partial charge in [0.1, 0.15) is 0 Å². The van der Waals surface area contributed by atoms with Gasteiger partial charge >= 0.3 is 0 Å². The van der Waals surface area contributed by atoms with E-state index in [1.165, 1.54) is 18.3 Å². The van der Waals surface area contributed by atoms with Crippen LogP contribution in [0.1, 0.15) is 55.9 Å². The number of hydrogen-bond donors (Lipinski definition) is 2. The maximum Gasteiger partial charge on any atom is 0.262 e. The lowest BCUT2D eigenvalue weighted by atomic mass is 9.86. The van der Waals surface area contributed by atoms with Gasteiger partial charge in [0.05, 0.1) is 17.0 Å². The molecule has 0 aliphatic carbocycles. The number of aromatic hydroxyl groups is 2. The lowest BCUT2D eigenvalue weighted by Crippen LogP contribution is -2.34. The van der Waals surface area contributed by atoms with Crippen molar-refractivity contribution < 1.29 is 10.2 Å². The van der Waals surface area contributed by atoms with Crippen molar-refractivity contribution in [2.75, 3.05) is 0 Å². The maximum absolute atomic E-state index is 13.7. The van der Waals surface area contributed by atoms with Gasteiger partial charge < -0.3 is 10.2 Å². The average molecular weight is 503 g/mol. The second kappa shape index (κ2) is 10.1. The molecule has 0 fully saturated rings. The van der Waals surface area contributed by atoms with E-state index in [-0.39, 0.29) is 45.5 Å². The highest BCUT2D eigenvalue weighted by molar-refractivity contribution is 7.71. The molecule has 0 bridgehead atoms. The molecule has 182 valence electrons. The zero-order valence-electron chi connectivity index (χ0n) is 20.0. The molecule has 0 saturated heterocycles. The van der Waals surface area contributed by atoms with Gasteiger partial charge in [-0.3, -0.25) is 27.9 Å². The molecule has 3 aromatic rings. The number of aryl methyl sites for hydroxylation is 1. The van der Waals surface area contributed by atoms with Crippen LogP contribution in [0.15, 0.2) is 33.9 Å². The van der Waals surface area contributed by atoms with Crippen molar-refractivity contribution in [3.05, 3.63) is 76.8 Å². The predicted octanol–water partition coefficient (Wildman–Crippen LogP) is 4.05. The molecule has 0 spiro atoms. The van der Waals surface area contributed by atoms with Gasteiger partial charge in [0.25, 0.3) is 11.1 Å². The Balaban J connectivity index is 2.63. The molecule has 8 nitrogen and oxygen atoms in total. The Bertz CT molecular complexity index is 1390. The molecule has 0 aliphatic heterocycles. The van der Waals surface area contributed by atoms with Gasteiger partial charge in [0.15, 0.2) is 9.54 Å². The largest absolute Gasteiger partial charge is 0.494 e. The van der Waals surface area contributed by atoms with Crippen LogP contribution in [0, 0.1) is 16.5 Å². The van der Waals surface area contributed by atoms with E-state index in [4.69, 9.17) is 24.4 Å². The molecule has 0 radical (unpaired) electrons. The minimum atomic E-state index is -1.04. The first-order valence-corrected chi connectivity index (χ1v) is 12.1. The van der Waals surface area contributed by atoms with Crippen molar-refractivity contribution in [1.29, 1.82) is 0 Å². The molecule has 0 atom stereocenters. The predicted molar refractivity (Wildman–Crippen MR) is 137 cm³/mol. The van der Waals surface area contributed by atoms with E-state index < -0.39 is 17.0 Å². The van der Waals surface area contributed by atoms with Crippen LogP contribution in [0.2, 0.25) is 0 Å². The van der Waals surface area contributed by atoms with Crippen LogP contribution < -0.4 is 11.1 Å². The number of benzene rings is 1. The summed E-state index contributed by atoms with van der Waals surface area (Å²) in [6.07, 6.45) is 0. The van der Waals surface area contributed by atoms with Crippen LogP contribution in [0.4, 0.5) is 0 Å². The highest BCUT2D eigenvalue weighted by Crippen LogP contribution is 2.37. The normalized spacial score (nSPS) is 11.4. The van der Waals surface area contributed by atoms with Crippen molar-refractivity contribution in [3.63, 3.8) is 0 Å². The van der Waals surface area contributed by atoms with Crippen LogP contribution in [-0.2, 0) is 26.2 Å². The van der Waals surface area contributed by atoms with Crippen LogP contribution in [0.3, 0.4) is 0 Å². The molecule has 10 heteroatoms. The average Bonchev–Trinajstić information content (AvgIpc) is 2.79. The van der Waals surface area contributed by atoms with E-state index in [0.29, 0.717) is 18.7 Å². The lowest BCUT2D eigenvalue weighted by molar-refractivity contribution is 0.380. The van der Waals surface area contributed by atoms with Gasteiger partial charge in [-0.1, -0.05) is 29.8 Å². The smallest absolute Gasteiger partial charge is 0.262 e. The zero-order chi connectivity index (χ0) is 25.3. The van der Waals surface area contributed by atoms with E-state index in [0.717, 1.165) is 5.56 Å². The highest BCUT2D eigenvalue weighted by Gasteiger charge is 2.33. The molecule has 2 aromatic heterocycles. The number of nitrogens with zero attached hydrogens (tertiary/aromatic N) is 4. The van der Waals surface area contributed by atoms with Crippen LogP contribution >= 0.6 is 24.4 Å². The van der Waals surface area contributed by atoms with Crippen LogP contribution in [0.25, 0.3) is 0 Å². The Kier molecular flexibility index (Phi) is 7.62. The summed E-state index contributed by atoms with van der Waals surface area (Å²) in [6, 6.07) is 7.32. The Labute approximate surface area is 208 Å². The number of hydrogen-bond acceptors (Lipinski definition) is 6. The summed E-state index contributed by atoms with van der Waals surface area (Å²) >= 11 is 10.9. The Morgan fingerprint density at radius 1 is 0.765 bits per heavy atom. The standard InChI is InChI=1S/C24H30N4O4S2/c1-6-25-19(29)17(20(30)26(7-2)23(25)33)16(15-12-10-11-14(5)13-15)18-21(31)27(8-3)24(34)28(9-4)22(18)32/h10-13,16,29,31H,6-9H2,1-5H3. The van der Waals surface area contributed by atoms with Gasteiger partial charge in [0, 0.05) is 26.2 Å². The van der Waals surface area contributed by atoms with Crippen LogP contribution in [-0.4, -0.2) is 28.5 Å². The van der Waals surface area contributed by atoms with Gasteiger partial charge in [-0.25, -0.2) is 0 Å². The molecular formula is C24H30N4O4S2. The Hall–Kier alpha value is -2.98. The number of rotatable bonds is 7. The molecule has 1 aromatic carbocycles. The fraction of sp³-hybridized carbons (Fsp3) is 0.417. The Morgan fingerprint density at radius 2 is 1.18 bits per heavy atom. The molecule has 0 unspecified atom stereocenters. The van der Waals surface area contributed by atoms with Gasteiger partial charge in [0.2, 0.25) is 11.8 Å². The van der Waals surface area contributed by atoms with Crippen molar-refractivity contribution in [3.8, 4) is 11.8 Å². The van der Waals surface area contributed by atoms with E-state index in [1.807, 2.05) is 39.0 Å². The summed E-state index contributed by atoms with van der Waals surface area (Å²) in [6.45, 7) is 10.3. The van der Waals surface area contributed by atoms with Crippen molar-refractivity contribution >= 4 is 24.4 Å². The summed E-state index contributed by atoms with van der Waals surface area (Å²) in [5, 5.41) is 22.6. The second-order valence-corrected chi connectivity index (χ2v) is 8.70. The summed E-state index contributed by atoms with van der Waals surface area (Å²) in [7, 11) is 0. The van der Waals surface area contributed by atoms with Gasteiger partial charge in [-0.15, -0.1) is 0 Å². The quantitative estimate of drug-likeness (QED) is 0.474. The third-order valence-corrected chi connectivity index (χ3v) is 6.97. The van der Waals surface area contributed by atoms with Crippen molar-refractivity contribution in [1.82, 2.24) is 18.3 Å². The highest BCUT2D eigenvalue weighted by atomic mass is 32.1. The van der Waals surface area contributed by atoms with E-state index in [2.05, 4.69) is 0 Å². The molecule has 2 N–H and O–H groups in total. The summed E-state index contributed by atoms with van der Waals surface area (Å²) < 4.78 is 6.09. The minimum Gasteiger partial charge on any atom is -0.494 e. The third-order valence-electron chi connectivity index (χ3n) is 6.09. The fourth-order valence-electron chi connectivity index (χ4n) is 4.38. The maximum atomic E-state index is 13.7. The SMILES string of the molecule is CCn1c(O)c(C(c2cccc(C)c2)c2c(O)n(CC)c(=S)n(CC)c2=O)c(=O)n(CC)c1=S. The third kappa shape index (κ3) is 4.05. The first-order chi connectivity index (χ1) is 16.1. The van der Waals surface area contributed by atoms with E-state index in [9.17, 15) is 19.8 Å². The molecule has 0 aliphatic rings. The molecule has 0 saturated carbocycles. The summed E-state index contributed by atoms with van der Waals surface area (Å²) in [4.78, 5) is 27.4. The van der Waals surface area contributed by atoms with E-state index in [1.54, 1.807) is 19.9 Å². The first-order valence-electron chi connectivity index (χ1n) is 11.3. The van der Waals surface area contributed by atoms with Gasteiger partial charge in [-0.2, -0.15) is 0 Å². The van der Waals surface area contributed by atoms with Crippen molar-refractivity contribution in [2.45, 2.75) is 66.7 Å². The summed E-state index contributed by atoms with van der Waals surface area (Å²) in [5.74, 6) is -1.68. The number of aromatic nitrogens is 4. The molecule has 34 heavy (non-hydrogen) atoms. The van der Waals surface area contributed by atoms with E-state index >= 15 is 0 Å². The summed E-state index contributed by atoms with van der Waals surface area (Å²) in [5.41, 5.74) is 0.446. The minimum absolute atomic E-state index is 0.0160. The molecule has 0 amide bonds. The van der Waals surface area contributed by atoms with Crippen molar-refractivity contribution in [2.24, 2.45) is 0 Å². The van der Waals surface area contributed by atoms with Gasteiger partial charge in [-0.05, 0) is 64.6 Å². The fourth-order valence-corrected chi connectivity index (χ4v) is 5.23. The molecule has 2 heterocycles. The zero-order valence-corrected chi connectivity index (χ0v) is 21.7. The van der Waals surface area contributed by atoms with Crippen LogP contribution in [0.5, 0.6) is 11.8 Å². The lowest BCUT2D eigenvalue weighted by Gasteiger charge is -2.25. The monoisotopic (exact) mass is 502 g/mol. The molecule has 3 rings (SSSR count). The Morgan fingerprint density at radius 3 is 1.53 bits per heavy atom. The first kappa shape index (κ1) is 25.6. The molecular weight excluding hydrogens is 472 g/mol.